The van der Waals surface area contributed by atoms with Crippen LogP contribution in [0, 0.1) is 0 Å². The van der Waals surface area contributed by atoms with Crippen LogP contribution < -0.4 is 11.3 Å². The highest BCUT2D eigenvalue weighted by Gasteiger charge is 2.31. The van der Waals surface area contributed by atoms with Crippen LogP contribution in [0.15, 0.2) is 53.0 Å². The van der Waals surface area contributed by atoms with E-state index in [9.17, 15) is 29.4 Å². The number of carboxylic acids is 2. The molecule has 0 spiro atoms. The Kier molecular flexibility index (Phi) is 11.4. The molecule has 0 amide bonds. The van der Waals surface area contributed by atoms with Crippen LogP contribution in [0.25, 0.3) is 22.3 Å². The summed E-state index contributed by atoms with van der Waals surface area (Å²) < 4.78 is 11.1. The molecule has 0 fully saturated rings. The first-order valence-electron chi connectivity index (χ1n) is 14.4. The van der Waals surface area contributed by atoms with Crippen molar-refractivity contribution in [2.45, 2.75) is 67.2 Å². The second kappa shape index (κ2) is 14.9. The smallest absolute Gasteiger partial charge is 0.345 e. The van der Waals surface area contributed by atoms with Gasteiger partial charge in [0.2, 0.25) is 0 Å². The van der Waals surface area contributed by atoms with E-state index in [1.54, 1.807) is 41.5 Å². The molecular weight excluding hydrogens is 572 g/mol. The van der Waals surface area contributed by atoms with Gasteiger partial charge in [-0.3, -0.25) is 0 Å². The number of oxime groups is 2. The number of aryl methyl sites for hydroxylation is 2. The molecule has 3 aromatic rings. The highest BCUT2D eigenvalue weighted by atomic mass is 16.6. The van der Waals surface area contributed by atoms with Crippen molar-refractivity contribution in [2.75, 3.05) is 13.2 Å². The molecule has 12 nitrogen and oxygen atoms in total. The zero-order valence-electron chi connectivity index (χ0n) is 25.6. The van der Waals surface area contributed by atoms with Gasteiger partial charge < -0.3 is 28.7 Å². The largest absolute Gasteiger partial charge is 0.478 e. The van der Waals surface area contributed by atoms with E-state index < -0.39 is 23.2 Å². The predicted molar refractivity (Wildman–Crippen MR) is 164 cm³/mol. The molecule has 0 bridgehead atoms. The number of aromatic carboxylic acids is 2. The summed E-state index contributed by atoms with van der Waals surface area (Å²) in [7, 11) is 0. The Bertz CT molecular complexity index is 1600. The first-order valence-corrected chi connectivity index (χ1v) is 14.4. The monoisotopic (exact) mass is 608 g/mol. The third-order valence-corrected chi connectivity index (χ3v) is 6.76. The molecule has 44 heavy (non-hydrogen) atoms. The number of hydrogen-bond donors (Lipinski definition) is 2. The molecule has 0 saturated heterocycles. The summed E-state index contributed by atoms with van der Waals surface area (Å²) in [6, 6.07) is 5.29. The quantitative estimate of drug-likeness (QED) is 0.169. The summed E-state index contributed by atoms with van der Waals surface area (Å²) in [5, 5.41) is 29.0. The van der Waals surface area contributed by atoms with Crippen molar-refractivity contribution in [2.24, 2.45) is 10.3 Å². The molecule has 2 N–H and O–H groups in total. The van der Waals surface area contributed by atoms with Gasteiger partial charge in [-0.2, -0.15) is 0 Å². The molecule has 0 atom stereocenters. The van der Waals surface area contributed by atoms with Gasteiger partial charge in [0.1, 0.15) is 24.7 Å². The fraction of sp³-hybridized carbons (Fsp3) is 0.375. The van der Waals surface area contributed by atoms with E-state index in [-0.39, 0.29) is 106 Å². The van der Waals surface area contributed by atoms with E-state index in [2.05, 4.69) is 10.3 Å². The molecule has 2 aromatic heterocycles. The van der Waals surface area contributed by atoms with Crippen molar-refractivity contribution in [3.05, 3.63) is 78.9 Å². The molecule has 3 rings (SSSR count). The van der Waals surface area contributed by atoms with Gasteiger partial charge >= 0.3 is 23.2 Å². The van der Waals surface area contributed by atoms with Gasteiger partial charge in [0.05, 0.1) is 33.7 Å². The molecule has 0 unspecified atom stereocenters. The van der Waals surface area contributed by atoms with Crippen molar-refractivity contribution < 1.29 is 38.3 Å². The molecule has 0 aliphatic heterocycles. The first kappa shape index (κ1) is 33.5. The van der Waals surface area contributed by atoms with Crippen molar-refractivity contribution in [1.29, 1.82) is 0 Å². The molecule has 0 aliphatic carbocycles. The zero-order valence-corrected chi connectivity index (χ0v) is 25.6. The molecule has 0 radical (unpaired) electrons. The van der Waals surface area contributed by atoms with Crippen LogP contribution in [0.3, 0.4) is 0 Å². The van der Waals surface area contributed by atoms with Crippen LogP contribution in [0.4, 0.5) is 0 Å². The number of carbonyl (C=O) groups is 2. The summed E-state index contributed by atoms with van der Waals surface area (Å²) in [6.07, 6.45) is 0.926. The third kappa shape index (κ3) is 6.80. The number of rotatable bonds is 14. The van der Waals surface area contributed by atoms with E-state index in [1.807, 2.05) is 0 Å². The van der Waals surface area contributed by atoms with Gasteiger partial charge in [-0.15, -0.1) is 0 Å². The minimum atomic E-state index is -1.39. The number of nitrogens with zero attached hydrogens (tertiary/aromatic N) is 2. The van der Waals surface area contributed by atoms with Crippen LogP contribution in [0.5, 0.6) is 0 Å². The second-order valence-corrected chi connectivity index (χ2v) is 9.42. The minimum absolute atomic E-state index is 0.0611. The fourth-order valence-corrected chi connectivity index (χ4v) is 4.75. The Morgan fingerprint density at radius 2 is 1.05 bits per heavy atom. The lowest BCUT2D eigenvalue weighted by molar-refractivity contribution is 0.0682. The highest BCUT2D eigenvalue weighted by Crippen LogP contribution is 2.41. The van der Waals surface area contributed by atoms with E-state index in [4.69, 9.17) is 18.5 Å². The average Bonchev–Trinajstić information content (AvgIpc) is 3.01. The maximum absolute atomic E-state index is 13.5. The molecule has 0 saturated carbocycles. The molecule has 234 valence electrons. The van der Waals surface area contributed by atoms with Gasteiger partial charge in [0.15, 0.2) is 0 Å². The Morgan fingerprint density at radius 3 is 1.32 bits per heavy atom. The maximum Gasteiger partial charge on any atom is 0.345 e. The van der Waals surface area contributed by atoms with Gasteiger partial charge in [-0.05, 0) is 51.0 Å². The van der Waals surface area contributed by atoms with E-state index in [0.717, 1.165) is 12.1 Å². The SMILES string of the molecule is CCO/N=C(/CC)c1c(-c2c(C(=O)O)ccc(C(=O)O)c2-c2cc(CC)oc(=O)c2/C(CC)=N\OCC)cc(CC)oc1=O. The normalized spacial score (nSPS) is 11.9. The Hall–Kier alpha value is -5.00. The molecule has 1 aromatic carbocycles. The lowest BCUT2D eigenvalue weighted by atomic mass is 9.82. The van der Waals surface area contributed by atoms with Gasteiger partial charge in [-0.1, -0.05) is 38.0 Å². The summed E-state index contributed by atoms with van der Waals surface area (Å²) in [6.45, 7) is 10.8. The summed E-state index contributed by atoms with van der Waals surface area (Å²) in [4.78, 5) is 63.2. The molecular formula is C32H36N2O10. The number of benzene rings is 1. The van der Waals surface area contributed by atoms with E-state index in [1.165, 1.54) is 12.1 Å². The van der Waals surface area contributed by atoms with Gasteiger partial charge in [-0.25, -0.2) is 19.2 Å². The van der Waals surface area contributed by atoms with Gasteiger partial charge in [0.25, 0.3) is 0 Å². The molecule has 12 heteroatoms. The number of carboxylic acid groups (broad SMARTS) is 2. The van der Waals surface area contributed by atoms with Crippen molar-refractivity contribution in [3.63, 3.8) is 0 Å². The minimum Gasteiger partial charge on any atom is -0.478 e. The van der Waals surface area contributed by atoms with Crippen LogP contribution >= 0.6 is 0 Å². The zero-order chi connectivity index (χ0) is 32.6. The summed E-state index contributed by atoms with van der Waals surface area (Å²) in [5.41, 5.74) is -2.23. The lowest BCUT2D eigenvalue weighted by Crippen LogP contribution is -2.21. The Labute approximate surface area is 253 Å². The summed E-state index contributed by atoms with van der Waals surface area (Å²) >= 11 is 0. The van der Waals surface area contributed by atoms with Crippen LogP contribution in [0.2, 0.25) is 0 Å². The fourth-order valence-electron chi connectivity index (χ4n) is 4.75. The average molecular weight is 609 g/mol. The predicted octanol–water partition coefficient (Wildman–Crippen LogP) is 5.75. The Morgan fingerprint density at radius 1 is 0.682 bits per heavy atom. The standard InChI is InChI=1S/C32H36N2O10/c1-7-17-15-21(27(31(39)43-17)23(9-3)33-41-11-5)25-19(29(35)36)13-14-20(30(37)38)26(25)22-16-18(8-2)44-32(40)28(22)24(10-4)34-42-12-6/h13-16H,7-12H2,1-6H3,(H,35,36)(H,37,38)/b33-23-,34-24-. The third-order valence-electron chi connectivity index (χ3n) is 6.76. The Balaban J connectivity index is 2.76. The molecule has 2 heterocycles. The topological polar surface area (TPSA) is 178 Å². The van der Waals surface area contributed by atoms with E-state index in [0.29, 0.717) is 0 Å². The summed E-state index contributed by atoms with van der Waals surface area (Å²) in [5.74, 6) is -2.35. The number of hydrogen-bond acceptors (Lipinski definition) is 10. The maximum atomic E-state index is 13.5. The van der Waals surface area contributed by atoms with Crippen LogP contribution in [-0.2, 0) is 22.5 Å². The van der Waals surface area contributed by atoms with Crippen molar-refractivity contribution in [3.8, 4) is 22.3 Å². The van der Waals surface area contributed by atoms with Crippen molar-refractivity contribution >= 4 is 23.4 Å². The first-order chi connectivity index (χ1) is 21.1. The van der Waals surface area contributed by atoms with Crippen LogP contribution in [-0.4, -0.2) is 46.8 Å². The highest BCUT2D eigenvalue weighted by molar-refractivity contribution is 6.15. The molecule has 0 aliphatic rings. The van der Waals surface area contributed by atoms with E-state index >= 15 is 0 Å². The van der Waals surface area contributed by atoms with Crippen LogP contribution in [0.1, 0.15) is 97.7 Å². The van der Waals surface area contributed by atoms with Gasteiger partial charge in [0, 0.05) is 35.1 Å². The second-order valence-electron chi connectivity index (χ2n) is 9.42. The van der Waals surface area contributed by atoms with Crippen molar-refractivity contribution in [1.82, 2.24) is 0 Å². The lowest BCUT2D eigenvalue weighted by Gasteiger charge is -2.21.